The van der Waals surface area contributed by atoms with Crippen LogP contribution in [0.5, 0.6) is 0 Å². The van der Waals surface area contributed by atoms with Crippen LogP contribution in [0.1, 0.15) is 6.92 Å². The largest absolute Gasteiger partial charge is 0.379 e. The summed E-state index contributed by atoms with van der Waals surface area (Å²) in [6, 6.07) is 0. The zero-order chi connectivity index (χ0) is 15.6. The minimum absolute atomic E-state index is 1.00. The topological polar surface area (TPSA) is 29.1 Å². The first-order valence-electron chi connectivity index (χ1n) is 4.60. The van der Waals surface area contributed by atoms with Crippen molar-refractivity contribution >= 4 is 17.5 Å². The molecule has 19 heavy (non-hydrogen) atoms. The fraction of sp³-hybridized carbons (Fsp3) is 0.875. The summed E-state index contributed by atoms with van der Waals surface area (Å²) in [5, 5.41) is -0.228. The number of amides is 1. The molecular formula is C8H8ClF8NO. The Morgan fingerprint density at radius 1 is 1.16 bits per heavy atom. The quantitative estimate of drug-likeness (QED) is 0.591. The molecule has 0 bridgehead atoms. The number of alkyl halides is 9. The van der Waals surface area contributed by atoms with Gasteiger partial charge in [-0.1, -0.05) is 0 Å². The lowest BCUT2D eigenvalue weighted by Crippen LogP contribution is -2.61. The van der Waals surface area contributed by atoms with Gasteiger partial charge in [0.05, 0.1) is 6.54 Å². The van der Waals surface area contributed by atoms with Gasteiger partial charge < -0.3 is 5.32 Å². The maximum absolute atomic E-state index is 12.9. The number of halogens is 9. The van der Waals surface area contributed by atoms with Gasteiger partial charge in [-0.2, -0.15) is 26.3 Å². The third kappa shape index (κ3) is 3.61. The predicted octanol–water partition coefficient (Wildman–Crippen LogP) is 2.90. The van der Waals surface area contributed by atoms with E-state index in [-0.39, 0.29) is 0 Å². The third-order valence-electron chi connectivity index (χ3n) is 2.00. The maximum atomic E-state index is 12.9. The van der Waals surface area contributed by atoms with Crippen LogP contribution in [0.2, 0.25) is 0 Å². The molecule has 0 heterocycles. The Kier molecular flexibility index (Phi) is 5.44. The van der Waals surface area contributed by atoms with Crippen molar-refractivity contribution < 1.29 is 39.9 Å². The van der Waals surface area contributed by atoms with Gasteiger partial charge in [0.25, 0.3) is 0 Å². The SMILES string of the molecule is CC(Cl)C(=O)NCC(F)(F)C(F)(F)C(F)(F)C(F)F. The van der Waals surface area contributed by atoms with E-state index in [1.165, 1.54) is 0 Å². The Labute approximate surface area is 107 Å². The molecule has 0 aliphatic rings. The number of hydrogen-bond acceptors (Lipinski definition) is 1. The highest BCUT2D eigenvalue weighted by Crippen LogP contribution is 2.48. The third-order valence-corrected chi connectivity index (χ3v) is 2.20. The second-order valence-corrected chi connectivity index (χ2v) is 4.19. The van der Waals surface area contributed by atoms with Crippen molar-refractivity contribution in [2.24, 2.45) is 0 Å². The van der Waals surface area contributed by atoms with E-state index >= 15 is 0 Å². The molecule has 1 N–H and O–H groups in total. The van der Waals surface area contributed by atoms with Crippen LogP contribution >= 0.6 is 11.6 Å². The van der Waals surface area contributed by atoms with Crippen LogP contribution < -0.4 is 5.32 Å². The van der Waals surface area contributed by atoms with Crippen LogP contribution in [0.4, 0.5) is 35.1 Å². The summed E-state index contributed by atoms with van der Waals surface area (Å²) >= 11 is 5.10. The first-order valence-corrected chi connectivity index (χ1v) is 5.04. The van der Waals surface area contributed by atoms with Gasteiger partial charge in [0.2, 0.25) is 5.91 Å². The molecule has 0 radical (unpaired) electrons. The summed E-state index contributed by atoms with van der Waals surface area (Å²) in [5.41, 5.74) is 0. The van der Waals surface area contributed by atoms with Gasteiger partial charge in [0, 0.05) is 0 Å². The van der Waals surface area contributed by atoms with Crippen molar-refractivity contribution in [2.45, 2.75) is 36.5 Å². The van der Waals surface area contributed by atoms with Gasteiger partial charge in [-0.15, -0.1) is 11.6 Å². The van der Waals surface area contributed by atoms with E-state index in [2.05, 4.69) is 0 Å². The van der Waals surface area contributed by atoms with Crippen LogP contribution in [0, 0.1) is 0 Å². The zero-order valence-electron chi connectivity index (χ0n) is 9.17. The summed E-state index contributed by atoms with van der Waals surface area (Å²) in [4.78, 5) is 10.7. The molecular weight excluding hydrogens is 314 g/mol. The summed E-state index contributed by atoms with van der Waals surface area (Å²) in [5.74, 6) is -19.5. The summed E-state index contributed by atoms with van der Waals surface area (Å²) in [6.45, 7) is -1.25. The Balaban J connectivity index is 5.03. The van der Waals surface area contributed by atoms with Crippen LogP contribution in [0.15, 0.2) is 0 Å². The van der Waals surface area contributed by atoms with Crippen molar-refractivity contribution in [1.82, 2.24) is 5.32 Å². The highest BCUT2D eigenvalue weighted by Gasteiger charge is 2.75. The number of carbonyl (C=O) groups is 1. The zero-order valence-corrected chi connectivity index (χ0v) is 9.93. The van der Waals surface area contributed by atoms with Crippen molar-refractivity contribution in [2.75, 3.05) is 6.54 Å². The van der Waals surface area contributed by atoms with Gasteiger partial charge in [0.15, 0.2) is 0 Å². The molecule has 1 unspecified atom stereocenters. The molecule has 0 aromatic heterocycles. The van der Waals surface area contributed by atoms with E-state index in [0.717, 1.165) is 12.2 Å². The molecule has 0 aromatic rings. The van der Waals surface area contributed by atoms with Gasteiger partial charge in [-0.25, -0.2) is 8.78 Å². The first kappa shape index (κ1) is 18.2. The van der Waals surface area contributed by atoms with Crippen molar-refractivity contribution in [3.05, 3.63) is 0 Å². The predicted molar refractivity (Wildman–Crippen MR) is 49.2 cm³/mol. The maximum Gasteiger partial charge on any atom is 0.379 e. The summed E-state index contributed by atoms with van der Waals surface area (Å²) < 4.78 is 99.3. The van der Waals surface area contributed by atoms with Crippen LogP contribution in [-0.2, 0) is 4.79 Å². The lowest BCUT2D eigenvalue weighted by Gasteiger charge is -2.32. The number of rotatable bonds is 6. The number of nitrogens with one attached hydrogen (secondary N) is 1. The molecule has 0 fully saturated rings. The van der Waals surface area contributed by atoms with Gasteiger partial charge >= 0.3 is 24.2 Å². The average Bonchev–Trinajstić information content (AvgIpc) is 2.24. The van der Waals surface area contributed by atoms with Crippen LogP contribution in [0.25, 0.3) is 0 Å². The van der Waals surface area contributed by atoms with E-state index in [1.807, 2.05) is 0 Å². The molecule has 0 saturated carbocycles. The van der Waals surface area contributed by atoms with E-state index < -0.39 is 42.0 Å². The lowest BCUT2D eigenvalue weighted by atomic mass is 10.0. The molecule has 114 valence electrons. The fourth-order valence-corrected chi connectivity index (χ4v) is 0.908. The Bertz CT molecular complexity index is 333. The summed E-state index contributed by atoms with van der Waals surface area (Å²) in [7, 11) is 0. The van der Waals surface area contributed by atoms with E-state index in [1.54, 1.807) is 0 Å². The average molecular weight is 322 g/mol. The fourth-order valence-electron chi connectivity index (χ4n) is 0.831. The molecule has 0 spiro atoms. The van der Waals surface area contributed by atoms with Gasteiger partial charge in [-0.3, -0.25) is 4.79 Å². The molecule has 11 heteroatoms. The standard InChI is InChI=1S/C8H8ClF8NO/c1-3(9)4(19)18-2-6(12,13)8(16,17)7(14,15)5(10)11/h3,5H,2H2,1H3,(H,18,19). The summed E-state index contributed by atoms with van der Waals surface area (Å²) in [6.07, 6.45) is -4.99. The highest BCUT2D eigenvalue weighted by molar-refractivity contribution is 6.30. The minimum atomic E-state index is -6.34. The first-order chi connectivity index (χ1) is 8.27. The van der Waals surface area contributed by atoms with Crippen molar-refractivity contribution in [3.63, 3.8) is 0 Å². The number of carbonyl (C=O) groups excluding carboxylic acids is 1. The van der Waals surface area contributed by atoms with E-state index in [9.17, 15) is 39.9 Å². The Morgan fingerprint density at radius 3 is 1.89 bits per heavy atom. The monoisotopic (exact) mass is 321 g/mol. The Morgan fingerprint density at radius 2 is 1.58 bits per heavy atom. The molecule has 1 amide bonds. The van der Waals surface area contributed by atoms with E-state index in [0.29, 0.717) is 0 Å². The molecule has 2 nitrogen and oxygen atoms in total. The second-order valence-electron chi connectivity index (χ2n) is 3.54. The Hall–Kier alpha value is -0.800. The van der Waals surface area contributed by atoms with Gasteiger partial charge in [0.1, 0.15) is 5.38 Å². The molecule has 0 aliphatic carbocycles. The van der Waals surface area contributed by atoms with E-state index in [4.69, 9.17) is 11.6 Å². The minimum Gasteiger partial charge on any atom is -0.349 e. The van der Waals surface area contributed by atoms with Crippen LogP contribution in [-0.4, -0.2) is 42.0 Å². The van der Waals surface area contributed by atoms with Crippen LogP contribution in [0.3, 0.4) is 0 Å². The lowest BCUT2D eigenvalue weighted by molar-refractivity contribution is -0.336. The van der Waals surface area contributed by atoms with Crippen molar-refractivity contribution in [1.29, 1.82) is 0 Å². The molecule has 1 atom stereocenters. The molecule has 0 saturated heterocycles. The highest BCUT2D eigenvalue weighted by atomic mass is 35.5. The van der Waals surface area contributed by atoms with Crippen molar-refractivity contribution in [3.8, 4) is 0 Å². The molecule has 0 aromatic carbocycles. The normalized spacial score (nSPS) is 15.5. The molecule has 0 aliphatic heterocycles. The number of hydrogen-bond donors (Lipinski definition) is 1. The molecule has 0 rings (SSSR count). The van der Waals surface area contributed by atoms with Gasteiger partial charge in [-0.05, 0) is 6.92 Å². The smallest absolute Gasteiger partial charge is 0.349 e. The second kappa shape index (κ2) is 5.68.